The lowest BCUT2D eigenvalue weighted by atomic mass is 9.96. The number of amides is 1. The van der Waals surface area contributed by atoms with Gasteiger partial charge in [0.15, 0.2) is 0 Å². The first kappa shape index (κ1) is 15.0. The summed E-state index contributed by atoms with van der Waals surface area (Å²) in [6.07, 6.45) is 0.220. The smallest absolute Gasteiger partial charge is 0.325 e. The predicted octanol–water partition coefficient (Wildman–Crippen LogP) is 1.78. The molecule has 0 radical (unpaired) electrons. The summed E-state index contributed by atoms with van der Waals surface area (Å²) < 4.78 is 5.24. The minimum Gasteiger partial charge on any atom is -0.496 e. The van der Waals surface area contributed by atoms with Crippen LogP contribution >= 0.6 is 0 Å². The van der Waals surface area contributed by atoms with Crippen LogP contribution in [0.1, 0.15) is 31.7 Å². The zero-order chi connectivity index (χ0) is 14.4. The zero-order valence-corrected chi connectivity index (χ0v) is 11.3. The van der Waals surface area contributed by atoms with E-state index in [1.54, 1.807) is 7.11 Å². The number of ether oxygens (including phenoxy) is 1. The maximum atomic E-state index is 11.7. The Morgan fingerprint density at radius 1 is 1.32 bits per heavy atom. The highest BCUT2D eigenvalue weighted by atomic mass is 16.5. The quantitative estimate of drug-likeness (QED) is 0.822. The summed E-state index contributed by atoms with van der Waals surface area (Å²) in [6, 6.07) is 6.60. The fourth-order valence-electron chi connectivity index (χ4n) is 1.82. The van der Waals surface area contributed by atoms with Crippen LogP contribution in [-0.2, 0) is 9.59 Å². The average molecular weight is 265 g/mol. The van der Waals surface area contributed by atoms with E-state index in [0.717, 1.165) is 11.3 Å². The molecule has 0 saturated carbocycles. The van der Waals surface area contributed by atoms with Crippen LogP contribution in [0.25, 0.3) is 0 Å². The first-order chi connectivity index (χ1) is 8.95. The number of carboxylic acids is 1. The van der Waals surface area contributed by atoms with Crippen molar-refractivity contribution in [3.05, 3.63) is 29.8 Å². The maximum absolute atomic E-state index is 11.7. The molecule has 1 rings (SSSR count). The highest BCUT2D eigenvalue weighted by Crippen LogP contribution is 2.28. The molecule has 104 valence electrons. The molecule has 0 aromatic heterocycles. The summed E-state index contributed by atoms with van der Waals surface area (Å²) in [4.78, 5) is 22.4. The van der Waals surface area contributed by atoms with Gasteiger partial charge in [0.05, 0.1) is 7.11 Å². The van der Waals surface area contributed by atoms with Crippen LogP contribution in [0.15, 0.2) is 24.3 Å². The molecule has 0 aliphatic heterocycles. The van der Waals surface area contributed by atoms with Gasteiger partial charge in [-0.25, -0.2) is 0 Å². The second-order valence-electron chi connectivity index (χ2n) is 4.47. The van der Waals surface area contributed by atoms with Gasteiger partial charge in [-0.15, -0.1) is 0 Å². The normalized spacial score (nSPS) is 13.4. The molecular weight excluding hydrogens is 246 g/mol. The molecule has 0 aliphatic rings. The third-order valence-corrected chi connectivity index (χ3v) is 2.91. The Morgan fingerprint density at radius 2 is 1.95 bits per heavy atom. The summed E-state index contributed by atoms with van der Waals surface area (Å²) in [5, 5.41) is 11.2. The van der Waals surface area contributed by atoms with Crippen molar-refractivity contribution in [1.82, 2.24) is 5.32 Å². The van der Waals surface area contributed by atoms with E-state index in [-0.39, 0.29) is 18.2 Å². The Hall–Kier alpha value is -2.04. The molecule has 19 heavy (non-hydrogen) atoms. The number of benzene rings is 1. The first-order valence-electron chi connectivity index (χ1n) is 6.10. The highest BCUT2D eigenvalue weighted by Gasteiger charge is 2.18. The van der Waals surface area contributed by atoms with E-state index in [9.17, 15) is 9.59 Å². The number of nitrogens with one attached hydrogen (secondary N) is 1. The van der Waals surface area contributed by atoms with E-state index in [0.29, 0.717) is 0 Å². The van der Waals surface area contributed by atoms with E-state index in [1.807, 2.05) is 31.2 Å². The van der Waals surface area contributed by atoms with Crippen molar-refractivity contribution >= 4 is 11.9 Å². The van der Waals surface area contributed by atoms with Crippen molar-refractivity contribution in [2.45, 2.75) is 32.2 Å². The molecule has 0 bridgehead atoms. The average Bonchev–Trinajstić information content (AvgIpc) is 2.38. The van der Waals surface area contributed by atoms with Crippen LogP contribution in [-0.4, -0.2) is 30.1 Å². The van der Waals surface area contributed by atoms with E-state index < -0.39 is 12.0 Å². The Bertz CT molecular complexity index is 459. The van der Waals surface area contributed by atoms with Gasteiger partial charge in [0, 0.05) is 6.42 Å². The number of carbonyl (C=O) groups excluding carboxylic acids is 1. The third kappa shape index (κ3) is 4.28. The van der Waals surface area contributed by atoms with Gasteiger partial charge in [-0.1, -0.05) is 25.1 Å². The first-order valence-corrected chi connectivity index (χ1v) is 6.10. The van der Waals surface area contributed by atoms with Crippen molar-refractivity contribution in [3.63, 3.8) is 0 Å². The lowest BCUT2D eigenvalue weighted by Crippen LogP contribution is -2.38. The number of rotatable bonds is 6. The Labute approximate surface area is 112 Å². The molecule has 1 amide bonds. The maximum Gasteiger partial charge on any atom is 0.325 e. The molecule has 5 nitrogen and oxygen atoms in total. The van der Waals surface area contributed by atoms with Crippen LogP contribution in [0, 0.1) is 0 Å². The molecule has 5 heteroatoms. The van der Waals surface area contributed by atoms with E-state index >= 15 is 0 Å². The van der Waals surface area contributed by atoms with Crippen LogP contribution in [0.5, 0.6) is 5.75 Å². The summed E-state index contributed by atoms with van der Waals surface area (Å²) >= 11 is 0. The van der Waals surface area contributed by atoms with Crippen molar-refractivity contribution < 1.29 is 19.4 Å². The predicted molar refractivity (Wildman–Crippen MR) is 71.3 cm³/mol. The Balaban J connectivity index is 2.66. The molecule has 1 aromatic carbocycles. The SMILES string of the molecule is COc1ccccc1C(C)CC(=O)N[C@H](C)C(=O)O. The van der Waals surface area contributed by atoms with Crippen molar-refractivity contribution in [3.8, 4) is 5.75 Å². The van der Waals surface area contributed by atoms with Crippen LogP contribution in [0.3, 0.4) is 0 Å². The minimum atomic E-state index is -1.04. The molecule has 0 saturated heterocycles. The largest absolute Gasteiger partial charge is 0.496 e. The second-order valence-corrected chi connectivity index (χ2v) is 4.47. The van der Waals surface area contributed by atoms with E-state index in [1.165, 1.54) is 6.92 Å². The summed E-state index contributed by atoms with van der Waals surface area (Å²) in [5.74, 6) is -0.641. The molecule has 1 aromatic rings. The standard InChI is InChI=1S/C14H19NO4/c1-9(8-13(16)15-10(2)14(17)18)11-6-4-5-7-12(11)19-3/h4-7,9-10H,8H2,1-3H3,(H,15,16)(H,17,18)/t9?,10-/m1/s1. The topological polar surface area (TPSA) is 75.6 Å². The zero-order valence-electron chi connectivity index (χ0n) is 11.3. The van der Waals surface area contributed by atoms with Crippen LogP contribution in [0.4, 0.5) is 0 Å². The Kier molecular flexibility index (Phi) is 5.36. The molecule has 0 spiro atoms. The molecule has 2 atom stereocenters. The molecule has 1 unspecified atom stereocenters. The van der Waals surface area contributed by atoms with Crippen molar-refractivity contribution in [2.24, 2.45) is 0 Å². The van der Waals surface area contributed by atoms with E-state index in [2.05, 4.69) is 5.32 Å². The number of aliphatic carboxylic acids is 1. The molecule has 0 aliphatic carbocycles. The summed E-state index contributed by atoms with van der Waals surface area (Å²) in [6.45, 7) is 3.34. The lowest BCUT2D eigenvalue weighted by molar-refractivity contribution is -0.141. The molecule has 2 N–H and O–H groups in total. The van der Waals surface area contributed by atoms with Gasteiger partial charge in [0.1, 0.15) is 11.8 Å². The van der Waals surface area contributed by atoms with Gasteiger partial charge >= 0.3 is 5.97 Å². The molecule has 0 fully saturated rings. The van der Waals surface area contributed by atoms with Crippen molar-refractivity contribution in [2.75, 3.05) is 7.11 Å². The monoisotopic (exact) mass is 265 g/mol. The highest BCUT2D eigenvalue weighted by molar-refractivity contribution is 5.83. The van der Waals surface area contributed by atoms with Gasteiger partial charge in [0.2, 0.25) is 5.91 Å². The number of para-hydroxylation sites is 1. The molecule has 0 heterocycles. The number of carbonyl (C=O) groups is 2. The summed E-state index contributed by atoms with van der Waals surface area (Å²) in [5.41, 5.74) is 0.933. The fraction of sp³-hybridized carbons (Fsp3) is 0.429. The second kappa shape index (κ2) is 6.78. The van der Waals surface area contributed by atoms with E-state index in [4.69, 9.17) is 9.84 Å². The number of carboxylic acid groups (broad SMARTS) is 1. The lowest BCUT2D eigenvalue weighted by Gasteiger charge is -2.16. The molecular formula is C14H19NO4. The minimum absolute atomic E-state index is 0.0443. The number of hydrogen-bond acceptors (Lipinski definition) is 3. The third-order valence-electron chi connectivity index (χ3n) is 2.91. The van der Waals surface area contributed by atoms with Gasteiger partial charge < -0.3 is 15.2 Å². The van der Waals surface area contributed by atoms with Crippen molar-refractivity contribution in [1.29, 1.82) is 0 Å². The number of methoxy groups -OCH3 is 1. The van der Waals surface area contributed by atoms with Crippen LogP contribution < -0.4 is 10.1 Å². The number of hydrogen-bond donors (Lipinski definition) is 2. The van der Waals surface area contributed by atoms with Gasteiger partial charge in [-0.3, -0.25) is 9.59 Å². The summed E-state index contributed by atoms with van der Waals surface area (Å²) in [7, 11) is 1.58. The van der Waals surface area contributed by atoms with Crippen LogP contribution in [0.2, 0.25) is 0 Å². The fourth-order valence-corrected chi connectivity index (χ4v) is 1.82. The van der Waals surface area contributed by atoms with Gasteiger partial charge in [-0.05, 0) is 24.5 Å². The Morgan fingerprint density at radius 3 is 2.53 bits per heavy atom. The van der Waals surface area contributed by atoms with Gasteiger partial charge in [-0.2, -0.15) is 0 Å². The van der Waals surface area contributed by atoms with Gasteiger partial charge in [0.25, 0.3) is 0 Å².